The van der Waals surface area contributed by atoms with Crippen molar-refractivity contribution in [2.45, 2.75) is 15.5 Å². The molecule has 0 unspecified atom stereocenters. The smallest absolute Gasteiger partial charge is 0.166 e. The van der Waals surface area contributed by atoms with Crippen LogP contribution < -0.4 is 14.2 Å². The van der Waals surface area contributed by atoms with Crippen molar-refractivity contribution in [3.8, 4) is 34.5 Å². The molecule has 3 aromatic heterocycles. The molecule has 0 aliphatic heterocycles. The standard InChI is InChI=1S/3C14H9Cl3N2OS/c3*1-21-14-18-9-5-8(16)12(6-10(9)19-14)20-11-4-2-3-7(15)13(11)17/h3*2-6H,1H3,(H,18,19). The van der Waals surface area contributed by atoms with Gasteiger partial charge in [-0.25, -0.2) is 15.0 Å². The number of halogens is 9. The zero-order valence-electron chi connectivity index (χ0n) is 32.4. The molecule has 0 aliphatic rings. The molecule has 0 spiro atoms. The monoisotopic (exact) mass is 1070 g/mol. The highest BCUT2D eigenvalue weighted by atomic mass is 35.5. The summed E-state index contributed by atoms with van der Waals surface area (Å²) in [5.41, 5.74) is 4.89. The highest BCUT2D eigenvalue weighted by molar-refractivity contribution is 7.98. The molecule has 63 heavy (non-hydrogen) atoms. The minimum atomic E-state index is 0.349. The van der Waals surface area contributed by atoms with Gasteiger partial charge >= 0.3 is 0 Å². The Bertz CT molecular complexity index is 2780. The number of imidazole rings is 3. The fourth-order valence-electron chi connectivity index (χ4n) is 5.53. The Balaban J connectivity index is 0.000000142. The molecule has 3 N–H and O–H groups in total. The molecular weight excluding hydrogens is 1050 g/mol. The van der Waals surface area contributed by atoms with Gasteiger partial charge in [-0.15, -0.1) is 0 Å². The number of rotatable bonds is 9. The number of fused-ring (bicyclic) bond motifs is 3. The molecule has 9 rings (SSSR count). The maximum absolute atomic E-state index is 6.24. The van der Waals surface area contributed by atoms with E-state index in [9.17, 15) is 0 Å². The molecule has 0 atom stereocenters. The lowest BCUT2D eigenvalue weighted by Crippen LogP contribution is -1.87. The number of hydrogen-bond donors (Lipinski definition) is 3. The minimum Gasteiger partial charge on any atom is -0.454 e. The number of thioether (sulfide) groups is 3. The zero-order chi connectivity index (χ0) is 44.9. The Hall–Kier alpha value is -3.21. The third-order valence-electron chi connectivity index (χ3n) is 8.53. The second kappa shape index (κ2) is 21.4. The van der Waals surface area contributed by atoms with Gasteiger partial charge in [-0.1, -0.05) is 158 Å². The summed E-state index contributed by atoms with van der Waals surface area (Å²) in [4.78, 5) is 22.8. The Labute approximate surface area is 418 Å². The second-order valence-electron chi connectivity index (χ2n) is 12.6. The number of nitrogens with one attached hydrogen (secondary N) is 3. The van der Waals surface area contributed by atoms with Crippen molar-refractivity contribution in [2.75, 3.05) is 18.8 Å². The van der Waals surface area contributed by atoms with E-state index in [1.54, 1.807) is 91.0 Å². The molecule has 9 aromatic rings. The number of hydrogen-bond acceptors (Lipinski definition) is 9. The number of ether oxygens (including phenoxy) is 3. The Morgan fingerprint density at radius 1 is 0.365 bits per heavy atom. The SMILES string of the molecule is CSc1nc2cc(Oc3cccc(Cl)c3Cl)c(Cl)cc2[nH]1.CSc1nc2cc(Oc3cccc(Cl)c3Cl)c(Cl)cc2[nH]1.CSc1nc2cc(Oc3cccc(Cl)c3Cl)c(Cl)cc2[nH]1. The first-order chi connectivity index (χ1) is 30.2. The van der Waals surface area contributed by atoms with Gasteiger partial charge in [0.1, 0.15) is 49.6 Å². The maximum Gasteiger partial charge on any atom is 0.166 e. The van der Waals surface area contributed by atoms with E-state index in [2.05, 4.69) is 29.9 Å². The minimum absolute atomic E-state index is 0.349. The number of aromatic amines is 3. The summed E-state index contributed by atoms with van der Waals surface area (Å²) in [5, 5.41) is 6.19. The van der Waals surface area contributed by atoms with Gasteiger partial charge < -0.3 is 29.2 Å². The fourth-order valence-corrected chi connectivity index (χ4v) is 8.34. The van der Waals surface area contributed by atoms with Crippen molar-refractivity contribution in [1.29, 1.82) is 0 Å². The molecule has 3 heterocycles. The lowest BCUT2D eigenvalue weighted by atomic mass is 10.3. The third kappa shape index (κ3) is 11.4. The van der Waals surface area contributed by atoms with Crippen LogP contribution in [-0.4, -0.2) is 48.7 Å². The van der Waals surface area contributed by atoms with Gasteiger partial charge in [-0.05, 0) is 73.4 Å². The molecule has 0 saturated heterocycles. The first-order valence-corrected chi connectivity index (χ1v) is 24.9. The van der Waals surface area contributed by atoms with E-state index >= 15 is 0 Å². The summed E-state index contributed by atoms with van der Waals surface area (Å²) in [6.07, 6.45) is 5.84. The summed E-state index contributed by atoms with van der Waals surface area (Å²) >= 11 is 59.6. The summed E-state index contributed by atoms with van der Waals surface area (Å²) < 4.78 is 17.3. The van der Waals surface area contributed by atoms with Gasteiger partial charge in [0.25, 0.3) is 0 Å². The molecule has 0 amide bonds. The molecule has 9 nitrogen and oxygen atoms in total. The molecule has 324 valence electrons. The quantitative estimate of drug-likeness (QED) is 0.122. The average Bonchev–Trinajstić information content (AvgIpc) is 3.99. The van der Waals surface area contributed by atoms with E-state index in [4.69, 9.17) is 119 Å². The molecule has 0 saturated carbocycles. The van der Waals surface area contributed by atoms with Crippen molar-refractivity contribution in [2.24, 2.45) is 0 Å². The van der Waals surface area contributed by atoms with Crippen LogP contribution >= 0.6 is 140 Å². The summed E-state index contributed by atoms with van der Waals surface area (Å²) in [6, 6.07) is 26.2. The number of aromatic nitrogens is 6. The molecule has 0 fully saturated rings. The fraction of sp³-hybridized carbons (Fsp3) is 0.0714. The molecule has 0 aliphatic carbocycles. The Morgan fingerprint density at radius 2 is 0.635 bits per heavy atom. The van der Waals surface area contributed by atoms with Crippen LogP contribution in [0.4, 0.5) is 0 Å². The summed E-state index contributed by atoms with van der Waals surface area (Å²) in [5.74, 6) is 2.79. The third-order valence-corrected chi connectivity index (χ3v) is 13.6. The average molecular weight is 1080 g/mol. The van der Waals surface area contributed by atoms with Crippen LogP contribution in [-0.2, 0) is 0 Å². The van der Waals surface area contributed by atoms with Crippen molar-refractivity contribution >= 4 is 173 Å². The zero-order valence-corrected chi connectivity index (χ0v) is 41.6. The van der Waals surface area contributed by atoms with Crippen molar-refractivity contribution < 1.29 is 14.2 Å². The lowest BCUT2D eigenvalue weighted by molar-refractivity contribution is 0.483. The maximum atomic E-state index is 6.24. The first-order valence-electron chi connectivity index (χ1n) is 17.8. The molecule has 6 aromatic carbocycles. The highest BCUT2D eigenvalue weighted by Gasteiger charge is 2.16. The van der Waals surface area contributed by atoms with E-state index in [0.29, 0.717) is 79.7 Å². The molecule has 21 heteroatoms. The van der Waals surface area contributed by atoms with Gasteiger partial charge in [0.15, 0.2) is 15.5 Å². The largest absolute Gasteiger partial charge is 0.454 e. The van der Waals surface area contributed by atoms with Crippen molar-refractivity contribution in [3.05, 3.63) is 136 Å². The summed E-state index contributed by atoms with van der Waals surface area (Å²) in [6.45, 7) is 0. The van der Waals surface area contributed by atoms with E-state index in [1.807, 2.05) is 18.8 Å². The number of nitrogens with zero attached hydrogens (tertiary/aromatic N) is 3. The topological polar surface area (TPSA) is 114 Å². The molecule has 0 radical (unpaired) electrons. The number of benzene rings is 6. The van der Waals surface area contributed by atoms with Crippen LogP contribution in [0.2, 0.25) is 45.2 Å². The van der Waals surface area contributed by atoms with Crippen molar-refractivity contribution in [3.63, 3.8) is 0 Å². The lowest BCUT2D eigenvalue weighted by Gasteiger charge is -2.09. The Kier molecular flexibility index (Phi) is 16.2. The van der Waals surface area contributed by atoms with Gasteiger partial charge in [-0.2, -0.15) is 0 Å². The summed E-state index contributed by atoms with van der Waals surface area (Å²) in [7, 11) is 0. The number of H-pyrrole nitrogens is 3. The predicted molar refractivity (Wildman–Crippen MR) is 268 cm³/mol. The van der Waals surface area contributed by atoms with E-state index in [1.165, 1.54) is 35.3 Å². The van der Waals surface area contributed by atoms with Crippen LogP contribution in [0.15, 0.2) is 106 Å². The molecule has 0 bridgehead atoms. The van der Waals surface area contributed by atoms with E-state index in [-0.39, 0.29) is 0 Å². The molecular formula is C42H27Cl9N6O3S3. The van der Waals surface area contributed by atoms with Gasteiger partial charge in [0.05, 0.1) is 63.2 Å². The van der Waals surface area contributed by atoms with Crippen molar-refractivity contribution in [1.82, 2.24) is 29.9 Å². The van der Waals surface area contributed by atoms with E-state index in [0.717, 1.165) is 48.6 Å². The first kappa shape index (κ1) is 47.7. The van der Waals surface area contributed by atoms with Crippen LogP contribution in [0.25, 0.3) is 33.1 Å². The van der Waals surface area contributed by atoms with Crippen LogP contribution in [0.1, 0.15) is 0 Å². The van der Waals surface area contributed by atoms with Crippen LogP contribution in [0.5, 0.6) is 34.5 Å². The second-order valence-corrected chi connectivity index (χ2v) is 18.6. The normalized spacial score (nSPS) is 11.0. The van der Waals surface area contributed by atoms with Crippen LogP contribution in [0.3, 0.4) is 0 Å². The van der Waals surface area contributed by atoms with Gasteiger partial charge in [0, 0.05) is 18.2 Å². The van der Waals surface area contributed by atoms with Gasteiger partial charge in [0.2, 0.25) is 0 Å². The van der Waals surface area contributed by atoms with Gasteiger partial charge in [-0.3, -0.25) is 0 Å². The van der Waals surface area contributed by atoms with E-state index < -0.39 is 0 Å². The highest BCUT2D eigenvalue weighted by Crippen LogP contribution is 2.42. The Morgan fingerprint density at radius 3 is 0.889 bits per heavy atom. The van der Waals surface area contributed by atoms with Crippen LogP contribution in [0, 0.1) is 0 Å². The predicted octanol–water partition coefficient (Wildman–Crippen LogP) is 18.1.